The van der Waals surface area contributed by atoms with Crippen molar-refractivity contribution in [1.82, 2.24) is 10.3 Å². The Morgan fingerprint density at radius 1 is 0.973 bits per heavy atom. The Labute approximate surface area is 211 Å². The van der Waals surface area contributed by atoms with E-state index in [0.717, 1.165) is 26.9 Å². The van der Waals surface area contributed by atoms with Gasteiger partial charge in [0, 0.05) is 34.4 Å². The highest BCUT2D eigenvalue weighted by atomic mass is 19.1. The molecule has 2 fully saturated rings. The van der Waals surface area contributed by atoms with Crippen LogP contribution in [0.2, 0.25) is 0 Å². The molecule has 0 aliphatic carbocycles. The highest BCUT2D eigenvalue weighted by Gasteiger charge is 2.70. The second-order valence-corrected chi connectivity index (χ2v) is 10.1. The molecule has 3 aromatic carbocycles. The van der Waals surface area contributed by atoms with Gasteiger partial charge in [0.2, 0.25) is 17.7 Å². The van der Waals surface area contributed by atoms with Gasteiger partial charge in [-0.25, -0.2) is 9.29 Å². The minimum atomic E-state index is -1.38. The van der Waals surface area contributed by atoms with E-state index in [4.69, 9.17) is 0 Å². The molecule has 1 spiro atoms. The van der Waals surface area contributed by atoms with Gasteiger partial charge >= 0.3 is 0 Å². The fourth-order valence-electron chi connectivity index (χ4n) is 6.47. The standard InChI is InChI=1S/C29H23FN4O3/c1-15-6-11-22-20(12-15)29(28(37)32-22)25-24(26(35)34(27(25)36)18-9-7-17(30)8-10-18)23(33-29)13-16-14-31-21-5-3-2-4-19(16)21/h2-12,14,23-25,31,33H,13H2,1H3,(H,32,37)/t23-,24+,25-,29-/m1/s1. The van der Waals surface area contributed by atoms with Gasteiger partial charge in [-0.05, 0) is 55.3 Å². The Morgan fingerprint density at radius 3 is 2.57 bits per heavy atom. The topological polar surface area (TPSA) is 94.3 Å². The summed E-state index contributed by atoms with van der Waals surface area (Å²) in [4.78, 5) is 46.1. The quantitative estimate of drug-likeness (QED) is 0.378. The molecule has 0 bridgehead atoms. The first-order valence-electron chi connectivity index (χ1n) is 12.3. The number of aromatic amines is 1. The van der Waals surface area contributed by atoms with Gasteiger partial charge in [0.15, 0.2) is 0 Å². The van der Waals surface area contributed by atoms with Crippen LogP contribution in [0.25, 0.3) is 10.9 Å². The lowest BCUT2D eigenvalue weighted by molar-refractivity contribution is -0.130. The smallest absolute Gasteiger partial charge is 0.250 e. The summed E-state index contributed by atoms with van der Waals surface area (Å²) in [6.45, 7) is 1.93. The van der Waals surface area contributed by atoms with Crippen LogP contribution < -0.4 is 15.5 Å². The zero-order valence-corrected chi connectivity index (χ0v) is 19.9. The molecule has 1 aromatic heterocycles. The number of benzene rings is 3. The number of fused-ring (bicyclic) bond motifs is 5. The van der Waals surface area contributed by atoms with E-state index in [1.54, 1.807) is 0 Å². The van der Waals surface area contributed by atoms with Crippen molar-refractivity contribution in [2.24, 2.45) is 11.8 Å². The largest absolute Gasteiger partial charge is 0.361 e. The van der Waals surface area contributed by atoms with Crippen molar-refractivity contribution in [1.29, 1.82) is 0 Å². The average molecular weight is 495 g/mol. The monoisotopic (exact) mass is 494 g/mol. The lowest BCUT2D eigenvalue weighted by Crippen LogP contribution is -2.53. The number of imide groups is 1. The van der Waals surface area contributed by atoms with Crippen LogP contribution in [0, 0.1) is 24.6 Å². The zero-order valence-electron chi connectivity index (χ0n) is 19.9. The molecular formula is C29H23FN4O3. The SMILES string of the molecule is Cc1ccc2c(c1)[C@]1(N[C@H](Cc3c[nH]c4ccccc34)[C@@H]3C(=O)N(c4ccc(F)cc4)C(=O)[C@@H]31)C(=O)N2. The number of para-hydroxylation sites is 1. The molecular weight excluding hydrogens is 471 g/mol. The molecule has 3 amide bonds. The number of hydrogen-bond donors (Lipinski definition) is 3. The maximum absolute atomic E-state index is 14.0. The van der Waals surface area contributed by atoms with Crippen LogP contribution in [-0.2, 0) is 26.3 Å². The molecule has 3 aliphatic heterocycles. The number of anilines is 2. The van der Waals surface area contributed by atoms with Crippen molar-refractivity contribution >= 4 is 40.0 Å². The summed E-state index contributed by atoms with van der Waals surface area (Å²) < 4.78 is 13.6. The summed E-state index contributed by atoms with van der Waals surface area (Å²) in [7, 11) is 0. The summed E-state index contributed by atoms with van der Waals surface area (Å²) in [5.41, 5.74) is 3.14. The van der Waals surface area contributed by atoms with E-state index in [-0.39, 0.29) is 11.8 Å². The number of amides is 3. The lowest BCUT2D eigenvalue weighted by Gasteiger charge is -2.29. The number of rotatable bonds is 3. The number of nitrogens with one attached hydrogen (secondary N) is 3. The predicted molar refractivity (Wildman–Crippen MR) is 136 cm³/mol. The summed E-state index contributed by atoms with van der Waals surface area (Å²) in [6.07, 6.45) is 2.36. The molecule has 8 heteroatoms. The number of H-pyrrole nitrogens is 1. The number of halogens is 1. The number of hydrogen-bond acceptors (Lipinski definition) is 4. The van der Waals surface area contributed by atoms with E-state index in [2.05, 4.69) is 15.6 Å². The molecule has 7 nitrogen and oxygen atoms in total. The van der Waals surface area contributed by atoms with Gasteiger partial charge in [-0.1, -0.05) is 35.9 Å². The summed E-state index contributed by atoms with van der Waals surface area (Å²) in [6, 6.07) is 18.4. The zero-order chi connectivity index (χ0) is 25.5. The van der Waals surface area contributed by atoms with Crippen molar-refractivity contribution in [2.45, 2.75) is 24.9 Å². The Morgan fingerprint density at radius 2 is 1.76 bits per heavy atom. The number of aromatic nitrogens is 1. The van der Waals surface area contributed by atoms with Crippen molar-refractivity contribution in [3.8, 4) is 0 Å². The van der Waals surface area contributed by atoms with Crippen molar-refractivity contribution < 1.29 is 18.8 Å². The molecule has 3 aliphatic rings. The minimum absolute atomic E-state index is 0.301. The van der Waals surface area contributed by atoms with E-state index < -0.39 is 35.1 Å². The third-order valence-corrected chi connectivity index (χ3v) is 8.07. The number of aryl methyl sites for hydroxylation is 1. The fraction of sp³-hybridized carbons (Fsp3) is 0.207. The average Bonchev–Trinajstić information content (AvgIpc) is 3.59. The number of carbonyl (C=O) groups is 3. The molecule has 0 saturated carbocycles. The van der Waals surface area contributed by atoms with Gasteiger partial charge < -0.3 is 10.3 Å². The van der Waals surface area contributed by atoms with Crippen LogP contribution in [0.1, 0.15) is 16.7 Å². The minimum Gasteiger partial charge on any atom is -0.361 e. The maximum Gasteiger partial charge on any atom is 0.250 e. The Hall–Kier alpha value is -4.30. The van der Waals surface area contributed by atoms with Gasteiger partial charge in [0.25, 0.3) is 0 Å². The molecule has 37 heavy (non-hydrogen) atoms. The highest BCUT2D eigenvalue weighted by molar-refractivity contribution is 6.25. The predicted octanol–water partition coefficient (Wildman–Crippen LogP) is 3.78. The first-order chi connectivity index (χ1) is 17.9. The molecule has 7 rings (SSSR count). The van der Waals surface area contributed by atoms with Gasteiger partial charge in [-0.3, -0.25) is 19.7 Å². The molecule has 0 unspecified atom stereocenters. The molecule has 184 valence electrons. The van der Waals surface area contributed by atoms with Gasteiger partial charge in [-0.2, -0.15) is 0 Å². The lowest BCUT2D eigenvalue weighted by atomic mass is 9.76. The molecule has 2 saturated heterocycles. The van der Waals surface area contributed by atoms with Crippen LogP contribution in [-0.4, -0.2) is 28.7 Å². The summed E-state index contributed by atoms with van der Waals surface area (Å²) >= 11 is 0. The Balaban J connectivity index is 1.38. The first-order valence-corrected chi connectivity index (χ1v) is 12.3. The van der Waals surface area contributed by atoms with Crippen LogP contribution in [0.15, 0.2) is 72.9 Å². The highest BCUT2D eigenvalue weighted by Crippen LogP contribution is 2.54. The van der Waals surface area contributed by atoms with Crippen LogP contribution in [0.5, 0.6) is 0 Å². The third-order valence-electron chi connectivity index (χ3n) is 8.07. The van der Waals surface area contributed by atoms with Gasteiger partial charge in [0.1, 0.15) is 11.4 Å². The fourth-order valence-corrected chi connectivity index (χ4v) is 6.47. The molecule has 4 atom stereocenters. The summed E-state index contributed by atoms with van der Waals surface area (Å²) in [5, 5.41) is 7.46. The maximum atomic E-state index is 14.0. The van der Waals surface area contributed by atoms with Crippen molar-refractivity contribution in [3.05, 3.63) is 95.4 Å². The van der Waals surface area contributed by atoms with E-state index in [0.29, 0.717) is 23.4 Å². The normalized spacial score (nSPS) is 26.3. The van der Waals surface area contributed by atoms with Gasteiger partial charge in [-0.15, -0.1) is 0 Å². The van der Waals surface area contributed by atoms with E-state index >= 15 is 0 Å². The second-order valence-electron chi connectivity index (χ2n) is 10.1. The third kappa shape index (κ3) is 2.93. The summed E-state index contributed by atoms with van der Waals surface area (Å²) in [5.74, 6) is -3.36. The van der Waals surface area contributed by atoms with Crippen molar-refractivity contribution in [2.75, 3.05) is 10.2 Å². The van der Waals surface area contributed by atoms with Crippen LogP contribution in [0.3, 0.4) is 0 Å². The Kier molecular flexibility index (Phi) is 4.51. The molecule has 3 N–H and O–H groups in total. The number of carbonyl (C=O) groups excluding carboxylic acids is 3. The molecule has 0 radical (unpaired) electrons. The van der Waals surface area contributed by atoms with Crippen LogP contribution >= 0.6 is 0 Å². The van der Waals surface area contributed by atoms with Gasteiger partial charge in [0.05, 0.1) is 17.5 Å². The van der Waals surface area contributed by atoms with E-state index in [9.17, 15) is 18.8 Å². The van der Waals surface area contributed by atoms with E-state index in [1.807, 2.05) is 55.6 Å². The Bertz CT molecular complexity index is 1630. The van der Waals surface area contributed by atoms with Crippen LogP contribution in [0.4, 0.5) is 15.8 Å². The first kappa shape index (κ1) is 21.9. The second kappa shape index (κ2) is 7.60. The van der Waals surface area contributed by atoms with Crippen molar-refractivity contribution in [3.63, 3.8) is 0 Å². The van der Waals surface area contributed by atoms with E-state index in [1.165, 1.54) is 24.3 Å². The number of nitrogens with zero attached hydrogens (tertiary/aromatic N) is 1. The molecule has 4 aromatic rings. The molecule has 4 heterocycles.